The summed E-state index contributed by atoms with van der Waals surface area (Å²) in [6, 6.07) is 26.0. The highest BCUT2D eigenvalue weighted by atomic mass is 79.9. The second-order valence-corrected chi connectivity index (χ2v) is 11.7. The van der Waals surface area contributed by atoms with Crippen molar-refractivity contribution in [1.82, 2.24) is 10.2 Å². The van der Waals surface area contributed by atoms with Gasteiger partial charge in [-0.2, -0.15) is 0 Å². The van der Waals surface area contributed by atoms with E-state index in [1.807, 2.05) is 54.6 Å². The fourth-order valence-electron chi connectivity index (χ4n) is 4.89. The molecule has 1 fully saturated rings. The molecule has 4 rings (SSSR count). The van der Waals surface area contributed by atoms with Gasteiger partial charge in [-0.25, -0.2) is 0 Å². The average molecular weight is 580 g/mol. The molecule has 2 amide bonds. The number of nitrogens with zero attached hydrogens (tertiary/aromatic N) is 1. The van der Waals surface area contributed by atoms with Gasteiger partial charge in [-0.3, -0.25) is 9.59 Å². The van der Waals surface area contributed by atoms with Crippen molar-refractivity contribution < 1.29 is 9.59 Å². The molecule has 4 nitrogen and oxygen atoms in total. The third-order valence-corrected chi connectivity index (χ3v) is 8.27. The molecule has 1 unspecified atom stereocenters. The first-order valence-electron chi connectivity index (χ1n) is 13.0. The summed E-state index contributed by atoms with van der Waals surface area (Å²) in [7, 11) is 0. The zero-order valence-electron chi connectivity index (χ0n) is 21.4. The number of hydrogen-bond donors (Lipinski definition) is 1. The molecular weight excluding hydrogens is 544 g/mol. The van der Waals surface area contributed by atoms with Crippen LogP contribution in [-0.4, -0.2) is 34.6 Å². The van der Waals surface area contributed by atoms with Gasteiger partial charge in [0.15, 0.2) is 0 Å². The molecule has 3 aromatic carbocycles. The molecule has 6 heteroatoms. The van der Waals surface area contributed by atoms with Crippen LogP contribution in [-0.2, 0) is 28.3 Å². The van der Waals surface area contributed by atoms with Gasteiger partial charge in [-0.1, -0.05) is 101 Å². The molecule has 0 spiro atoms. The lowest BCUT2D eigenvalue weighted by atomic mass is 10.0. The highest BCUT2D eigenvalue weighted by molar-refractivity contribution is 9.10. The van der Waals surface area contributed by atoms with Crippen molar-refractivity contribution in [3.05, 3.63) is 106 Å². The minimum atomic E-state index is -0.575. The maximum Gasteiger partial charge on any atom is 0.243 e. The van der Waals surface area contributed by atoms with E-state index in [2.05, 4.69) is 52.4 Å². The van der Waals surface area contributed by atoms with Crippen molar-refractivity contribution in [1.29, 1.82) is 0 Å². The summed E-state index contributed by atoms with van der Waals surface area (Å²) < 4.78 is 0.959. The van der Waals surface area contributed by atoms with Gasteiger partial charge >= 0.3 is 0 Å². The van der Waals surface area contributed by atoms with Crippen molar-refractivity contribution >= 4 is 39.5 Å². The molecule has 194 valence electrons. The summed E-state index contributed by atoms with van der Waals surface area (Å²) >= 11 is 5.16. The summed E-state index contributed by atoms with van der Waals surface area (Å²) in [6.45, 7) is 2.47. The lowest BCUT2D eigenvalue weighted by Gasteiger charge is -2.32. The number of halogens is 1. The van der Waals surface area contributed by atoms with E-state index in [0.717, 1.165) is 47.0 Å². The van der Waals surface area contributed by atoms with E-state index in [4.69, 9.17) is 0 Å². The Morgan fingerprint density at radius 2 is 1.65 bits per heavy atom. The minimum Gasteiger partial charge on any atom is -0.352 e. The average Bonchev–Trinajstić information content (AvgIpc) is 3.40. The van der Waals surface area contributed by atoms with Crippen LogP contribution < -0.4 is 5.32 Å². The van der Waals surface area contributed by atoms with Gasteiger partial charge in [0.2, 0.25) is 11.8 Å². The van der Waals surface area contributed by atoms with E-state index < -0.39 is 6.04 Å². The number of hydrogen-bond acceptors (Lipinski definition) is 3. The highest BCUT2D eigenvalue weighted by Crippen LogP contribution is 2.22. The Labute approximate surface area is 233 Å². The van der Waals surface area contributed by atoms with Crippen LogP contribution in [0.1, 0.15) is 47.9 Å². The molecule has 1 N–H and O–H groups in total. The first-order chi connectivity index (χ1) is 18.0. The predicted octanol–water partition coefficient (Wildman–Crippen LogP) is 6.69. The quantitative estimate of drug-likeness (QED) is 0.276. The van der Waals surface area contributed by atoms with Gasteiger partial charge in [-0.05, 0) is 48.6 Å². The van der Waals surface area contributed by atoms with Crippen LogP contribution in [0.4, 0.5) is 0 Å². The van der Waals surface area contributed by atoms with Gasteiger partial charge in [0.05, 0.1) is 5.75 Å². The fourth-order valence-corrected chi connectivity index (χ4v) is 6.20. The van der Waals surface area contributed by atoms with Crippen molar-refractivity contribution in [2.24, 2.45) is 0 Å². The Balaban J connectivity index is 1.56. The highest BCUT2D eigenvalue weighted by Gasteiger charge is 2.32. The molecule has 1 aliphatic rings. The normalized spacial score (nSPS) is 14.3. The number of aryl methyl sites for hydroxylation is 1. The maximum absolute atomic E-state index is 13.8. The van der Waals surface area contributed by atoms with Gasteiger partial charge in [0.1, 0.15) is 6.04 Å². The summed E-state index contributed by atoms with van der Waals surface area (Å²) in [6.07, 6.45) is 4.79. The Kier molecular flexibility index (Phi) is 10.3. The third kappa shape index (κ3) is 8.47. The molecule has 0 radical (unpaired) electrons. The summed E-state index contributed by atoms with van der Waals surface area (Å²) in [5.74, 6) is 1.02. The first-order valence-corrected chi connectivity index (χ1v) is 14.9. The van der Waals surface area contributed by atoms with E-state index in [1.165, 1.54) is 11.1 Å². The van der Waals surface area contributed by atoms with Crippen molar-refractivity contribution in [3.63, 3.8) is 0 Å². The molecule has 0 bridgehead atoms. The van der Waals surface area contributed by atoms with Crippen molar-refractivity contribution in [2.75, 3.05) is 5.75 Å². The molecule has 0 saturated heterocycles. The summed E-state index contributed by atoms with van der Waals surface area (Å²) in [5.41, 5.74) is 4.47. The van der Waals surface area contributed by atoms with Crippen LogP contribution in [0.2, 0.25) is 0 Å². The largest absolute Gasteiger partial charge is 0.352 e. The number of carbonyl (C=O) groups is 2. The topological polar surface area (TPSA) is 49.4 Å². The zero-order valence-corrected chi connectivity index (χ0v) is 23.8. The number of benzene rings is 3. The molecule has 37 heavy (non-hydrogen) atoms. The second kappa shape index (κ2) is 13.8. The Bertz CT molecular complexity index is 1180. The van der Waals surface area contributed by atoms with Gasteiger partial charge < -0.3 is 10.2 Å². The van der Waals surface area contributed by atoms with Crippen LogP contribution in [0.3, 0.4) is 0 Å². The Hall–Kier alpha value is -2.57. The van der Waals surface area contributed by atoms with Crippen LogP contribution in [0.15, 0.2) is 83.3 Å². The molecule has 1 saturated carbocycles. The van der Waals surface area contributed by atoms with Gasteiger partial charge in [0.25, 0.3) is 0 Å². The molecular formula is C31H35BrN2O2S. The second-order valence-electron chi connectivity index (χ2n) is 9.83. The van der Waals surface area contributed by atoms with Crippen LogP contribution >= 0.6 is 27.7 Å². The lowest BCUT2D eigenvalue weighted by molar-refractivity contribution is -0.139. The SMILES string of the molecule is Cc1cccc(CSCC(=O)N(Cc2cccc(Br)c2)C(Cc2ccccc2)C(=O)NC2CCCC2)c1. The smallest absolute Gasteiger partial charge is 0.243 e. The number of thioether (sulfide) groups is 1. The molecule has 0 heterocycles. The summed E-state index contributed by atoms with van der Waals surface area (Å²) in [4.78, 5) is 29.3. The van der Waals surface area contributed by atoms with Crippen LogP contribution in [0.5, 0.6) is 0 Å². The fraction of sp³-hybridized carbons (Fsp3) is 0.355. The molecule has 1 atom stereocenters. The molecule has 1 aliphatic carbocycles. The van der Waals surface area contributed by atoms with E-state index in [9.17, 15) is 9.59 Å². The van der Waals surface area contributed by atoms with E-state index in [0.29, 0.717) is 18.7 Å². The standard InChI is InChI=1S/C31H35BrN2O2S/c1-23-9-7-13-26(17-23)21-37-22-30(35)34(20-25-12-8-14-27(32)18-25)29(19-24-10-3-2-4-11-24)31(36)33-28-15-5-6-16-28/h2-4,7-14,17-18,28-29H,5-6,15-16,19-22H2,1H3,(H,33,36). The number of rotatable bonds is 11. The number of nitrogens with one attached hydrogen (secondary N) is 1. The molecule has 3 aromatic rings. The minimum absolute atomic E-state index is 0.0138. The number of amides is 2. The zero-order chi connectivity index (χ0) is 26.0. The van der Waals surface area contributed by atoms with Crippen LogP contribution in [0, 0.1) is 6.92 Å². The number of carbonyl (C=O) groups excluding carboxylic acids is 2. The van der Waals surface area contributed by atoms with Crippen molar-refractivity contribution in [2.45, 2.75) is 63.4 Å². The molecule has 0 aromatic heterocycles. The van der Waals surface area contributed by atoms with E-state index >= 15 is 0 Å². The lowest BCUT2D eigenvalue weighted by Crippen LogP contribution is -2.52. The summed E-state index contributed by atoms with van der Waals surface area (Å²) in [5, 5.41) is 3.27. The third-order valence-electron chi connectivity index (χ3n) is 6.79. The first kappa shape index (κ1) is 27.5. The Morgan fingerprint density at radius 1 is 0.946 bits per heavy atom. The maximum atomic E-state index is 13.8. The van der Waals surface area contributed by atoms with Gasteiger partial charge in [-0.15, -0.1) is 11.8 Å². The van der Waals surface area contributed by atoms with E-state index in [1.54, 1.807) is 16.7 Å². The van der Waals surface area contributed by atoms with Crippen LogP contribution in [0.25, 0.3) is 0 Å². The monoisotopic (exact) mass is 578 g/mol. The Morgan fingerprint density at radius 3 is 2.38 bits per heavy atom. The molecule has 0 aliphatic heterocycles. The van der Waals surface area contributed by atoms with Gasteiger partial charge in [0, 0.05) is 29.2 Å². The predicted molar refractivity (Wildman–Crippen MR) is 156 cm³/mol. The van der Waals surface area contributed by atoms with E-state index in [-0.39, 0.29) is 17.9 Å². The van der Waals surface area contributed by atoms with Crippen molar-refractivity contribution in [3.8, 4) is 0 Å².